The molecule has 0 aliphatic rings. The molecule has 0 aromatic heterocycles. The standard InChI is InChI=1S/C23H23N3O3/c1-17(19-9-5-3-6-10-19)29-21-14-13-18(15-22(21)28-2)16-24-26-23(27)25-20-11-7-4-8-12-20/h3-17H,1-2H3,(H2,25,26,27)/b24-16+. The molecule has 0 bridgehead atoms. The molecule has 3 aromatic carbocycles. The zero-order chi connectivity index (χ0) is 20.5. The highest BCUT2D eigenvalue weighted by molar-refractivity contribution is 5.90. The third-order valence-corrected chi connectivity index (χ3v) is 4.17. The highest BCUT2D eigenvalue weighted by atomic mass is 16.5. The van der Waals surface area contributed by atoms with Crippen LogP contribution in [-0.4, -0.2) is 19.4 Å². The van der Waals surface area contributed by atoms with E-state index >= 15 is 0 Å². The fourth-order valence-corrected chi connectivity index (χ4v) is 2.69. The number of carbonyl (C=O) groups excluding carboxylic acids is 1. The molecule has 2 N–H and O–H groups in total. The van der Waals surface area contributed by atoms with Crippen LogP contribution in [0.4, 0.5) is 10.5 Å². The molecule has 0 spiro atoms. The largest absolute Gasteiger partial charge is 0.493 e. The summed E-state index contributed by atoms with van der Waals surface area (Å²) < 4.78 is 11.5. The topological polar surface area (TPSA) is 72.0 Å². The number of hydrogen-bond acceptors (Lipinski definition) is 4. The monoisotopic (exact) mass is 389 g/mol. The molecule has 148 valence electrons. The molecule has 0 heterocycles. The summed E-state index contributed by atoms with van der Waals surface area (Å²) in [7, 11) is 1.59. The molecule has 0 aliphatic carbocycles. The van der Waals surface area contributed by atoms with Crippen LogP contribution >= 0.6 is 0 Å². The number of methoxy groups -OCH3 is 1. The Balaban J connectivity index is 1.60. The van der Waals surface area contributed by atoms with Crippen molar-refractivity contribution in [3.05, 3.63) is 90.0 Å². The fraction of sp³-hybridized carbons (Fsp3) is 0.130. The van der Waals surface area contributed by atoms with E-state index in [0.717, 1.165) is 11.1 Å². The zero-order valence-corrected chi connectivity index (χ0v) is 16.3. The summed E-state index contributed by atoms with van der Waals surface area (Å²) in [5, 5.41) is 6.66. The lowest BCUT2D eigenvalue weighted by Gasteiger charge is -2.17. The van der Waals surface area contributed by atoms with Gasteiger partial charge in [-0.05, 0) is 48.4 Å². The Kier molecular flexibility index (Phi) is 6.84. The van der Waals surface area contributed by atoms with E-state index in [-0.39, 0.29) is 6.10 Å². The number of nitrogens with one attached hydrogen (secondary N) is 2. The van der Waals surface area contributed by atoms with Gasteiger partial charge < -0.3 is 14.8 Å². The molecule has 6 nitrogen and oxygen atoms in total. The smallest absolute Gasteiger partial charge is 0.339 e. The van der Waals surface area contributed by atoms with Crippen LogP contribution in [0.2, 0.25) is 0 Å². The maximum Gasteiger partial charge on any atom is 0.339 e. The third kappa shape index (κ3) is 5.84. The molecule has 3 rings (SSSR count). The number of hydrogen-bond donors (Lipinski definition) is 2. The molecule has 0 saturated carbocycles. The third-order valence-electron chi connectivity index (χ3n) is 4.17. The molecule has 0 radical (unpaired) electrons. The van der Waals surface area contributed by atoms with Gasteiger partial charge in [-0.2, -0.15) is 5.10 Å². The van der Waals surface area contributed by atoms with Crippen molar-refractivity contribution >= 4 is 17.9 Å². The van der Waals surface area contributed by atoms with Gasteiger partial charge in [0.1, 0.15) is 6.10 Å². The fourth-order valence-electron chi connectivity index (χ4n) is 2.69. The molecule has 0 fully saturated rings. The Hall–Kier alpha value is -3.80. The number of nitrogens with zero attached hydrogens (tertiary/aromatic N) is 1. The van der Waals surface area contributed by atoms with Crippen LogP contribution in [0.3, 0.4) is 0 Å². The summed E-state index contributed by atoms with van der Waals surface area (Å²) >= 11 is 0. The first-order chi connectivity index (χ1) is 14.2. The minimum Gasteiger partial charge on any atom is -0.493 e. The number of benzene rings is 3. The van der Waals surface area contributed by atoms with Crippen molar-refractivity contribution in [2.24, 2.45) is 5.10 Å². The normalized spacial score (nSPS) is 11.7. The van der Waals surface area contributed by atoms with Gasteiger partial charge in [-0.1, -0.05) is 48.5 Å². The van der Waals surface area contributed by atoms with Crippen LogP contribution in [0.5, 0.6) is 11.5 Å². The second-order valence-corrected chi connectivity index (χ2v) is 6.27. The first-order valence-corrected chi connectivity index (χ1v) is 9.20. The number of para-hydroxylation sites is 1. The Morgan fingerprint density at radius 1 is 0.966 bits per heavy atom. The number of urea groups is 1. The lowest BCUT2D eigenvalue weighted by atomic mass is 10.1. The maximum absolute atomic E-state index is 11.9. The van der Waals surface area contributed by atoms with Gasteiger partial charge in [0.05, 0.1) is 13.3 Å². The predicted octanol–water partition coefficient (Wildman–Crippen LogP) is 4.99. The van der Waals surface area contributed by atoms with Crippen molar-refractivity contribution in [3.8, 4) is 11.5 Å². The summed E-state index contributed by atoms with van der Waals surface area (Å²) in [6, 6.07) is 24.2. The van der Waals surface area contributed by atoms with E-state index in [4.69, 9.17) is 9.47 Å². The molecule has 2 amide bonds. The van der Waals surface area contributed by atoms with E-state index in [1.807, 2.05) is 67.6 Å². The zero-order valence-electron chi connectivity index (χ0n) is 16.3. The number of ether oxygens (including phenoxy) is 2. The summed E-state index contributed by atoms with van der Waals surface area (Å²) in [5.74, 6) is 1.22. The number of hydrazone groups is 1. The molecule has 0 saturated heterocycles. The van der Waals surface area contributed by atoms with Gasteiger partial charge >= 0.3 is 6.03 Å². The molecule has 29 heavy (non-hydrogen) atoms. The quantitative estimate of drug-likeness (QED) is 0.442. The first-order valence-electron chi connectivity index (χ1n) is 9.20. The van der Waals surface area contributed by atoms with Crippen LogP contribution < -0.4 is 20.2 Å². The number of anilines is 1. The van der Waals surface area contributed by atoms with Crippen molar-refractivity contribution in [3.63, 3.8) is 0 Å². The highest BCUT2D eigenvalue weighted by Gasteiger charge is 2.11. The Labute approximate surface area is 170 Å². The van der Waals surface area contributed by atoms with Crippen molar-refractivity contribution in [1.82, 2.24) is 5.43 Å². The van der Waals surface area contributed by atoms with Gasteiger partial charge in [-0.15, -0.1) is 0 Å². The van der Waals surface area contributed by atoms with Crippen LogP contribution in [0.1, 0.15) is 24.2 Å². The number of rotatable bonds is 7. The second-order valence-electron chi connectivity index (χ2n) is 6.27. The number of amides is 2. The summed E-state index contributed by atoms with van der Waals surface area (Å²) in [4.78, 5) is 11.9. The maximum atomic E-state index is 11.9. The van der Waals surface area contributed by atoms with Gasteiger partial charge in [0.25, 0.3) is 0 Å². The average Bonchev–Trinajstić information content (AvgIpc) is 2.76. The van der Waals surface area contributed by atoms with Crippen LogP contribution in [0.25, 0.3) is 0 Å². The molecule has 3 aromatic rings. The van der Waals surface area contributed by atoms with Crippen LogP contribution in [0.15, 0.2) is 84.0 Å². The van der Waals surface area contributed by atoms with Crippen molar-refractivity contribution in [2.75, 3.05) is 12.4 Å². The highest BCUT2D eigenvalue weighted by Crippen LogP contribution is 2.31. The average molecular weight is 389 g/mol. The lowest BCUT2D eigenvalue weighted by Crippen LogP contribution is -2.24. The Bertz CT molecular complexity index is 960. The van der Waals surface area contributed by atoms with E-state index in [1.54, 1.807) is 25.3 Å². The Morgan fingerprint density at radius 3 is 2.34 bits per heavy atom. The van der Waals surface area contributed by atoms with Crippen LogP contribution in [0, 0.1) is 0 Å². The summed E-state index contributed by atoms with van der Waals surface area (Å²) in [6.45, 7) is 1.99. The van der Waals surface area contributed by atoms with Crippen molar-refractivity contribution < 1.29 is 14.3 Å². The minimum absolute atomic E-state index is 0.118. The van der Waals surface area contributed by atoms with Crippen molar-refractivity contribution in [1.29, 1.82) is 0 Å². The van der Waals surface area contributed by atoms with Gasteiger partial charge in [-0.25, -0.2) is 10.2 Å². The van der Waals surface area contributed by atoms with Gasteiger partial charge in [0.2, 0.25) is 0 Å². The first kappa shape index (κ1) is 19.9. The van der Waals surface area contributed by atoms with E-state index in [0.29, 0.717) is 17.2 Å². The second kappa shape index (κ2) is 9.94. The predicted molar refractivity (Wildman–Crippen MR) is 115 cm³/mol. The molecule has 1 atom stereocenters. The lowest BCUT2D eigenvalue weighted by molar-refractivity contribution is 0.216. The van der Waals surface area contributed by atoms with E-state index in [2.05, 4.69) is 15.8 Å². The summed E-state index contributed by atoms with van der Waals surface area (Å²) in [5.41, 5.74) is 4.97. The van der Waals surface area contributed by atoms with E-state index in [1.165, 1.54) is 6.21 Å². The van der Waals surface area contributed by atoms with E-state index in [9.17, 15) is 4.79 Å². The summed E-state index contributed by atoms with van der Waals surface area (Å²) in [6.07, 6.45) is 1.42. The van der Waals surface area contributed by atoms with Crippen molar-refractivity contribution in [2.45, 2.75) is 13.0 Å². The molecule has 6 heteroatoms. The number of carbonyl (C=O) groups is 1. The van der Waals surface area contributed by atoms with E-state index < -0.39 is 6.03 Å². The van der Waals surface area contributed by atoms with Gasteiger partial charge in [0.15, 0.2) is 11.5 Å². The van der Waals surface area contributed by atoms with Gasteiger partial charge in [0, 0.05) is 5.69 Å². The minimum atomic E-state index is -0.420. The SMILES string of the molecule is COc1cc(/C=N/NC(=O)Nc2ccccc2)ccc1OC(C)c1ccccc1. The Morgan fingerprint density at radius 2 is 1.66 bits per heavy atom. The molecule has 0 aliphatic heterocycles. The molecular formula is C23H23N3O3. The molecular weight excluding hydrogens is 366 g/mol. The van der Waals surface area contributed by atoms with Gasteiger partial charge in [-0.3, -0.25) is 0 Å². The molecule has 1 unspecified atom stereocenters. The van der Waals surface area contributed by atoms with Crippen LogP contribution in [-0.2, 0) is 0 Å².